The minimum absolute atomic E-state index is 1.05. The van der Waals surface area contributed by atoms with Gasteiger partial charge in [0.25, 0.3) is 0 Å². The summed E-state index contributed by atoms with van der Waals surface area (Å²) in [5.74, 6) is 0. The fourth-order valence-electron chi connectivity index (χ4n) is 3.60. The van der Waals surface area contributed by atoms with E-state index < -0.39 is 0 Å². The van der Waals surface area contributed by atoms with Crippen molar-refractivity contribution in [1.29, 1.82) is 0 Å². The number of aromatic nitrogens is 2. The lowest BCUT2D eigenvalue weighted by atomic mass is 10.1. The molecule has 0 radical (unpaired) electrons. The number of rotatable bonds is 3. The van der Waals surface area contributed by atoms with Crippen molar-refractivity contribution in [2.45, 2.75) is 27.7 Å². The highest BCUT2D eigenvalue weighted by atomic mass is 32.2. The monoisotopic (exact) mass is 500 g/mol. The number of nitrogens with zero attached hydrogens (tertiary/aromatic N) is 2. The van der Waals surface area contributed by atoms with Gasteiger partial charge in [-0.3, -0.25) is 0 Å². The van der Waals surface area contributed by atoms with E-state index in [9.17, 15) is 0 Å². The predicted octanol–water partition coefficient (Wildman–Crippen LogP) is 9.39. The molecular weight excluding hydrogens is 485 g/mol. The normalized spacial score (nSPS) is 12.0. The average molecular weight is 501 g/mol. The highest BCUT2D eigenvalue weighted by Gasteiger charge is 2.19. The minimum atomic E-state index is 1.05. The molecule has 30 heavy (non-hydrogen) atoms. The Balaban J connectivity index is 1.36. The van der Waals surface area contributed by atoms with Crippen LogP contribution in [0.4, 0.5) is 0 Å². The lowest BCUT2D eigenvalue weighted by molar-refractivity contribution is 1.45. The zero-order chi connectivity index (χ0) is 20.6. The first-order chi connectivity index (χ1) is 14.5. The van der Waals surface area contributed by atoms with Crippen LogP contribution in [0.25, 0.3) is 48.6 Å². The van der Waals surface area contributed by atoms with Gasteiger partial charge in [0.2, 0.25) is 0 Å². The highest BCUT2D eigenvalue weighted by Crippen LogP contribution is 2.48. The van der Waals surface area contributed by atoms with Crippen molar-refractivity contribution >= 4 is 87.1 Å². The second-order valence-electron chi connectivity index (χ2n) is 7.22. The topological polar surface area (TPSA) is 25.8 Å². The Bertz CT molecular complexity index is 1520. The maximum absolute atomic E-state index is 4.92. The Kier molecular flexibility index (Phi) is 4.53. The van der Waals surface area contributed by atoms with Crippen LogP contribution in [0.1, 0.15) is 20.9 Å². The second-order valence-corrected chi connectivity index (χ2v) is 14.1. The SMILES string of the molecule is Cc1ccc(-c2nc3sc(-c4ccc(-c5sc6sc(C)c(C)c6c5C)s4)nc3s2)s1. The second kappa shape index (κ2) is 7.05. The lowest BCUT2D eigenvalue weighted by Gasteiger charge is -1.97. The fourth-order valence-corrected chi connectivity index (χ4v) is 10.6. The highest BCUT2D eigenvalue weighted by molar-refractivity contribution is 7.41. The van der Waals surface area contributed by atoms with Gasteiger partial charge in [-0.15, -0.1) is 45.3 Å². The number of fused-ring (bicyclic) bond motifs is 2. The van der Waals surface area contributed by atoms with Crippen molar-refractivity contribution in [2.24, 2.45) is 0 Å². The van der Waals surface area contributed by atoms with Gasteiger partial charge in [0, 0.05) is 24.9 Å². The molecule has 0 aliphatic heterocycles. The van der Waals surface area contributed by atoms with Crippen LogP contribution in [0.5, 0.6) is 0 Å². The Morgan fingerprint density at radius 3 is 1.87 bits per heavy atom. The van der Waals surface area contributed by atoms with Crippen LogP contribution in [-0.2, 0) is 0 Å². The van der Waals surface area contributed by atoms with E-state index in [-0.39, 0.29) is 0 Å². The van der Waals surface area contributed by atoms with Crippen molar-refractivity contribution in [1.82, 2.24) is 9.97 Å². The largest absolute Gasteiger partial charge is 0.222 e. The minimum Gasteiger partial charge on any atom is -0.222 e. The zero-order valence-corrected chi connectivity index (χ0v) is 21.6. The number of thiazole rings is 2. The third kappa shape index (κ3) is 2.97. The molecule has 0 spiro atoms. The fraction of sp³-hybridized carbons (Fsp3) is 0.182. The molecule has 0 N–H and O–H groups in total. The molecule has 0 aliphatic carbocycles. The van der Waals surface area contributed by atoms with Crippen LogP contribution in [0.2, 0.25) is 0 Å². The molecule has 2 nitrogen and oxygen atoms in total. The molecular formula is C22H16N2S6. The van der Waals surface area contributed by atoms with Crippen LogP contribution in [-0.4, -0.2) is 9.97 Å². The molecule has 0 saturated heterocycles. The molecule has 0 fully saturated rings. The first-order valence-corrected chi connectivity index (χ1v) is 14.3. The summed E-state index contributed by atoms with van der Waals surface area (Å²) in [7, 11) is 0. The van der Waals surface area contributed by atoms with Gasteiger partial charge in [-0.2, -0.15) is 0 Å². The Hall–Kier alpha value is -1.42. The third-order valence-electron chi connectivity index (χ3n) is 5.23. The first-order valence-electron chi connectivity index (χ1n) is 9.42. The van der Waals surface area contributed by atoms with Crippen LogP contribution in [0, 0.1) is 27.7 Å². The maximum atomic E-state index is 4.92. The number of hydrogen-bond donors (Lipinski definition) is 0. The van der Waals surface area contributed by atoms with Crippen LogP contribution in [0.15, 0.2) is 24.3 Å². The van der Waals surface area contributed by atoms with Crippen LogP contribution >= 0.6 is 68.0 Å². The molecule has 150 valence electrons. The molecule has 0 bridgehead atoms. The van der Waals surface area contributed by atoms with E-state index in [1.54, 1.807) is 34.0 Å². The molecule has 6 aromatic rings. The van der Waals surface area contributed by atoms with Crippen molar-refractivity contribution < 1.29 is 0 Å². The van der Waals surface area contributed by atoms with Gasteiger partial charge in [0.1, 0.15) is 10.0 Å². The molecule has 0 aromatic carbocycles. The summed E-state index contributed by atoms with van der Waals surface area (Å²) < 4.78 is 1.45. The van der Waals surface area contributed by atoms with Gasteiger partial charge in [0.05, 0.1) is 13.8 Å². The van der Waals surface area contributed by atoms with E-state index in [4.69, 9.17) is 9.97 Å². The molecule has 6 rings (SSSR count). The summed E-state index contributed by atoms with van der Waals surface area (Å²) >= 11 is 10.9. The Morgan fingerprint density at radius 1 is 0.600 bits per heavy atom. The summed E-state index contributed by atoms with van der Waals surface area (Å²) in [4.78, 5) is 19.8. The summed E-state index contributed by atoms with van der Waals surface area (Å²) in [6, 6.07) is 8.79. The molecule has 0 saturated carbocycles. The molecule has 6 heterocycles. The van der Waals surface area contributed by atoms with Crippen LogP contribution < -0.4 is 0 Å². The van der Waals surface area contributed by atoms with Gasteiger partial charge >= 0.3 is 0 Å². The van der Waals surface area contributed by atoms with E-state index in [1.165, 1.54) is 49.8 Å². The summed E-state index contributed by atoms with van der Waals surface area (Å²) in [5.41, 5.74) is 2.86. The van der Waals surface area contributed by atoms with Gasteiger partial charge in [-0.25, -0.2) is 9.97 Å². The summed E-state index contributed by atoms with van der Waals surface area (Å²) in [6.07, 6.45) is 0. The predicted molar refractivity (Wildman–Crippen MR) is 140 cm³/mol. The standard InChI is InChI=1S/C22H16N2S6/c1-9-5-6-14(25-9)18-23-20-21(29-18)24-19(30-20)15-8-7-13(27-15)17-11(3)16-10(2)12(4)26-22(16)28-17/h5-8H,1-4H3. The van der Waals surface area contributed by atoms with E-state index >= 15 is 0 Å². The van der Waals surface area contributed by atoms with Gasteiger partial charge < -0.3 is 0 Å². The lowest BCUT2D eigenvalue weighted by Crippen LogP contribution is -1.75. The van der Waals surface area contributed by atoms with E-state index in [0.717, 1.165) is 19.7 Å². The molecule has 6 aromatic heterocycles. The number of aryl methyl sites for hydroxylation is 4. The average Bonchev–Trinajstić information content (AvgIpc) is 3.49. The Morgan fingerprint density at radius 2 is 1.23 bits per heavy atom. The molecule has 8 heteroatoms. The van der Waals surface area contributed by atoms with Gasteiger partial charge in [-0.05, 0) is 63.1 Å². The van der Waals surface area contributed by atoms with E-state index in [0.29, 0.717) is 0 Å². The van der Waals surface area contributed by atoms with Crippen molar-refractivity contribution in [3.05, 3.63) is 45.1 Å². The smallest absolute Gasteiger partial charge is 0.155 e. The van der Waals surface area contributed by atoms with Crippen LogP contribution in [0.3, 0.4) is 0 Å². The maximum Gasteiger partial charge on any atom is 0.155 e. The van der Waals surface area contributed by atoms with Crippen molar-refractivity contribution in [3.8, 4) is 29.5 Å². The summed E-state index contributed by atoms with van der Waals surface area (Å²) in [6.45, 7) is 8.88. The van der Waals surface area contributed by atoms with E-state index in [1.807, 2.05) is 34.0 Å². The Labute approximate surface area is 198 Å². The van der Waals surface area contributed by atoms with Gasteiger partial charge in [0.15, 0.2) is 9.66 Å². The van der Waals surface area contributed by atoms with Gasteiger partial charge in [-0.1, -0.05) is 22.7 Å². The first kappa shape index (κ1) is 19.3. The molecule has 0 aliphatic rings. The van der Waals surface area contributed by atoms with Crippen molar-refractivity contribution in [2.75, 3.05) is 0 Å². The van der Waals surface area contributed by atoms with E-state index in [2.05, 4.69) is 52.0 Å². The summed E-state index contributed by atoms with van der Waals surface area (Å²) in [5, 5.41) is 3.62. The molecule has 0 unspecified atom stereocenters. The molecule has 0 amide bonds. The zero-order valence-electron chi connectivity index (χ0n) is 16.7. The number of hydrogen-bond acceptors (Lipinski definition) is 8. The molecule has 0 atom stereocenters. The quantitative estimate of drug-likeness (QED) is 0.242. The number of thiophene rings is 4. The third-order valence-corrected chi connectivity index (χ3v) is 12.5. The van der Waals surface area contributed by atoms with Crippen molar-refractivity contribution in [3.63, 3.8) is 0 Å².